The summed E-state index contributed by atoms with van der Waals surface area (Å²) in [6, 6.07) is 25.1. The van der Waals surface area contributed by atoms with Crippen LogP contribution >= 0.6 is 35.6 Å². The van der Waals surface area contributed by atoms with E-state index in [1.54, 1.807) is 4.68 Å². The van der Waals surface area contributed by atoms with Gasteiger partial charge in [-0.3, -0.25) is 4.79 Å². The number of thiocarbonyl (C=S) groups is 1. The molecule has 4 aromatic rings. The van der Waals surface area contributed by atoms with E-state index in [2.05, 4.69) is 5.32 Å². The topological polar surface area (TPSA) is 56.2 Å². The van der Waals surface area contributed by atoms with E-state index in [4.69, 9.17) is 33.7 Å². The summed E-state index contributed by atoms with van der Waals surface area (Å²) in [6.07, 6.45) is 3.73. The van der Waals surface area contributed by atoms with Crippen LogP contribution in [-0.2, 0) is 11.4 Å². The van der Waals surface area contributed by atoms with Crippen LogP contribution < -0.4 is 10.1 Å². The van der Waals surface area contributed by atoms with E-state index in [0.717, 1.165) is 33.8 Å². The number of nitrogens with one attached hydrogen (secondary N) is 1. The molecule has 0 saturated carbocycles. The molecule has 1 fully saturated rings. The van der Waals surface area contributed by atoms with Gasteiger partial charge in [-0.25, -0.2) is 4.68 Å². The summed E-state index contributed by atoms with van der Waals surface area (Å²) in [5, 5.41) is 8.19. The van der Waals surface area contributed by atoms with Gasteiger partial charge in [-0.05, 0) is 48.0 Å². The Bertz CT molecular complexity index is 1400. The monoisotopic (exact) mass is 503 g/mol. The number of rotatable bonds is 6. The minimum absolute atomic E-state index is 0.201. The van der Waals surface area contributed by atoms with Crippen LogP contribution in [0.3, 0.4) is 0 Å². The first-order valence-electron chi connectivity index (χ1n) is 10.4. The number of para-hydroxylation sites is 1. The summed E-state index contributed by atoms with van der Waals surface area (Å²) in [7, 11) is 0. The molecule has 1 N–H and O–H groups in total. The van der Waals surface area contributed by atoms with Crippen LogP contribution in [-0.4, -0.2) is 20.0 Å². The highest BCUT2D eigenvalue weighted by molar-refractivity contribution is 8.26. The molecule has 0 unspecified atom stereocenters. The summed E-state index contributed by atoms with van der Waals surface area (Å²) in [4.78, 5) is 12.8. The van der Waals surface area contributed by atoms with Crippen molar-refractivity contribution in [3.63, 3.8) is 0 Å². The second-order valence-electron chi connectivity index (χ2n) is 7.51. The van der Waals surface area contributed by atoms with Crippen molar-refractivity contribution >= 4 is 51.9 Å². The molecule has 1 aliphatic heterocycles. The van der Waals surface area contributed by atoms with Crippen molar-refractivity contribution in [1.82, 2.24) is 15.1 Å². The number of benzene rings is 3. The van der Waals surface area contributed by atoms with Gasteiger partial charge < -0.3 is 10.1 Å². The number of ether oxygens (including phenoxy) is 1. The van der Waals surface area contributed by atoms with E-state index >= 15 is 0 Å². The first-order valence-corrected chi connectivity index (χ1v) is 12.0. The highest BCUT2D eigenvalue weighted by Gasteiger charge is 2.23. The summed E-state index contributed by atoms with van der Waals surface area (Å²) >= 11 is 12.4. The second kappa shape index (κ2) is 9.85. The molecule has 0 atom stereocenters. The summed E-state index contributed by atoms with van der Waals surface area (Å²) in [6.45, 7) is 0.421. The van der Waals surface area contributed by atoms with Gasteiger partial charge in [0.2, 0.25) is 0 Å². The fourth-order valence-electron chi connectivity index (χ4n) is 3.47. The molecule has 5 nitrogen and oxygen atoms in total. The number of carbonyl (C=O) groups excluding carboxylic acids is 1. The fraction of sp³-hybridized carbons (Fsp3) is 0.0385. The average Bonchev–Trinajstić information content (AvgIpc) is 3.42. The lowest BCUT2D eigenvalue weighted by Crippen LogP contribution is -2.17. The van der Waals surface area contributed by atoms with Gasteiger partial charge in [-0.15, -0.1) is 0 Å². The van der Waals surface area contributed by atoms with Crippen molar-refractivity contribution in [1.29, 1.82) is 0 Å². The van der Waals surface area contributed by atoms with Crippen LogP contribution in [0.2, 0.25) is 5.02 Å². The van der Waals surface area contributed by atoms with Crippen LogP contribution in [0.15, 0.2) is 90.0 Å². The highest BCUT2D eigenvalue weighted by atomic mass is 35.5. The molecular formula is C26H18ClN3O2S2. The number of hydrogen-bond acceptors (Lipinski definition) is 5. The Morgan fingerprint density at radius 1 is 1.06 bits per heavy atom. The minimum atomic E-state index is -0.201. The van der Waals surface area contributed by atoms with Gasteiger partial charge in [0.25, 0.3) is 5.91 Å². The molecule has 8 heteroatoms. The van der Waals surface area contributed by atoms with E-state index in [-0.39, 0.29) is 5.91 Å². The van der Waals surface area contributed by atoms with Crippen molar-refractivity contribution < 1.29 is 9.53 Å². The predicted molar refractivity (Wildman–Crippen MR) is 141 cm³/mol. The zero-order valence-corrected chi connectivity index (χ0v) is 20.2. The van der Waals surface area contributed by atoms with Gasteiger partial charge in [0.1, 0.15) is 22.4 Å². The third-order valence-electron chi connectivity index (χ3n) is 5.12. The molecule has 0 bridgehead atoms. The molecule has 0 aliphatic carbocycles. The lowest BCUT2D eigenvalue weighted by atomic mass is 10.1. The SMILES string of the molecule is O=C1NC(=S)S/C1=C/c1cn(-c2ccccc2)nc1-c1cccc(OCc2ccc(Cl)cc2)c1. The Kier molecular flexibility index (Phi) is 6.49. The van der Waals surface area contributed by atoms with Crippen molar-refractivity contribution in [3.8, 4) is 22.7 Å². The lowest BCUT2D eigenvalue weighted by Gasteiger charge is -2.08. The molecule has 0 radical (unpaired) electrons. The quantitative estimate of drug-likeness (QED) is 0.248. The summed E-state index contributed by atoms with van der Waals surface area (Å²) in [5.74, 6) is 0.517. The van der Waals surface area contributed by atoms with Crippen molar-refractivity contribution in [3.05, 3.63) is 106 Å². The molecule has 1 saturated heterocycles. The van der Waals surface area contributed by atoms with E-state index < -0.39 is 0 Å². The zero-order valence-electron chi connectivity index (χ0n) is 17.8. The van der Waals surface area contributed by atoms with Gasteiger partial charge >= 0.3 is 0 Å². The van der Waals surface area contributed by atoms with E-state index in [0.29, 0.717) is 20.9 Å². The third kappa shape index (κ3) is 5.07. The Morgan fingerprint density at radius 2 is 1.85 bits per heavy atom. The molecule has 5 rings (SSSR count). The maximum Gasteiger partial charge on any atom is 0.263 e. The Morgan fingerprint density at radius 3 is 2.59 bits per heavy atom. The van der Waals surface area contributed by atoms with Gasteiger partial charge in [0.05, 0.1) is 10.6 Å². The number of hydrogen-bond donors (Lipinski definition) is 1. The van der Waals surface area contributed by atoms with Crippen LogP contribution in [0.25, 0.3) is 23.0 Å². The number of aromatic nitrogens is 2. The third-order valence-corrected chi connectivity index (χ3v) is 6.53. The average molecular weight is 504 g/mol. The number of carbonyl (C=O) groups is 1. The first-order chi connectivity index (χ1) is 16.5. The minimum Gasteiger partial charge on any atom is -0.489 e. The van der Waals surface area contributed by atoms with E-state index in [9.17, 15) is 4.79 Å². The number of thioether (sulfide) groups is 1. The van der Waals surface area contributed by atoms with Gasteiger partial charge in [0, 0.05) is 22.3 Å². The van der Waals surface area contributed by atoms with Crippen LogP contribution in [0.4, 0.5) is 0 Å². The van der Waals surface area contributed by atoms with Crippen molar-refractivity contribution in [2.45, 2.75) is 6.61 Å². The zero-order chi connectivity index (χ0) is 23.5. The molecule has 1 aromatic heterocycles. The van der Waals surface area contributed by atoms with Gasteiger partial charge in [-0.2, -0.15) is 5.10 Å². The Hall–Kier alpha value is -3.39. The molecule has 2 heterocycles. The molecule has 3 aromatic carbocycles. The molecule has 34 heavy (non-hydrogen) atoms. The predicted octanol–water partition coefficient (Wildman–Crippen LogP) is 6.26. The second-order valence-corrected chi connectivity index (χ2v) is 9.66. The van der Waals surface area contributed by atoms with Crippen LogP contribution in [0, 0.1) is 0 Å². The van der Waals surface area contributed by atoms with Crippen molar-refractivity contribution in [2.24, 2.45) is 0 Å². The van der Waals surface area contributed by atoms with Crippen molar-refractivity contribution in [2.75, 3.05) is 0 Å². The molecule has 1 amide bonds. The molecule has 0 spiro atoms. The molecule has 1 aliphatic rings. The number of amides is 1. The normalized spacial score (nSPS) is 14.4. The van der Waals surface area contributed by atoms with E-state index in [1.807, 2.05) is 91.1 Å². The highest BCUT2D eigenvalue weighted by Crippen LogP contribution is 2.32. The van der Waals surface area contributed by atoms with Gasteiger partial charge in [0.15, 0.2) is 0 Å². The summed E-state index contributed by atoms with van der Waals surface area (Å²) < 4.78 is 8.27. The smallest absolute Gasteiger partial charge is 0.263 e. The fourth-order valence-corrected chi connectivity index (χ4v) is 4.63. The van der Waals surface area contributed by atoms with Gasteiger partial charge in [-0.1, -0.05) is 78.0 Å². The number of nitrogens with zero attached hydrogens (tertiary/aromatic N) is 2. The maximum absolute atomic E-state index is 12.3. The molecule has 168 valence electrons. The molecular weight excluding hydrogens is 486 g/mol. The lowest BCUT2D eigenvalue weighted by molar-refractivity contribution is -0.115. The van der Waals surface area contributed by atoms with Crippen LogP contribution in [0.1, 0.15) is 11.1 Å². The standard InChI is InChI=1S/C26H18ClN3O2S2/c27-20-11-9-17(10-12-20)16-32-22-8-4-5-18(13-22)24-19(14-23-25(31)28-26(33)34-23)15-30(29-24)21-6-2-1-3-7-21/h1-15H,16H2,(H,28,31,33)/b23-14+. The largest absolute Gasteiger partial charge is 0.489 e. The first kappa shape index (κ1) is 22.4. The Balaban J connectivity index is 1.49. The van der Waals surface area contributed by atoms with E-state index in [1.165, 1.54) is 11.8 Å². The maximum atomic E-state index is 12.3. The summed E-state index contributed by atoms with van der Waals surface area (Å²) in [5.41, 5.74) is 4.36. The number of halogens is 1. The van der Waals surface area contributed by atoms with Crippen LogP contribution in [0.5, 0.6) is 5.75 Å². The Labute approximate surface area is 211 Å².